The van der Waals surface area contributed by atoms with Gasteiger partial charge >= 0.3 is 5.97 Å². The van der Waals surface area contributed by atoms with Crippen molar-refractivity contribution in [3.63, 3.8) is 0 Å². The Labute approximate surface area is 135 Å². The molecule has 4 heteroatoms. The minimum Gasteiger partial charge on any atom is -0.497 e. The molecule has 1 N–H and O–H groups in total. The maximum Gasteiger partial charge on any atom is 0.334 e. The Kier molecular flexibility index (Phi) is 4.33. The molecule has 0 spiro atoms. The quantitative estimate of drug-likeness (QED) is 0.855. The molecule has 0 unspecified atom stereocenters. The Bertz CT molecular complexity index is 707. The van der Waals surface area contributed by atoms with Crippen molar-refractivity contribution in [1.29, 1.82) is 0 Å². The van der Waals surface area contributed by atoms with E-state index in [-0.39, 0.29) is 18.1 Å². The van der Waals surface area contributed by atoms with Gasteiger partial charge in [-0.05, 0) is 42.8 Å². The molecule has 0 fully saturated rings. The first kappa shape index (κ1) is 15.2. The lowest BCUT2D eigenvalue weighted by molar-refractivity contribution is -0.140. The third-order valence-electron chi connectivity index (χ3n) is 3.88. The molecule has 0 aliphatic carbocycles. The van der Waals surface area contributed by atoms with Crippen molar-refractivity contribution in [3.8, 4) is 5.75 Å². The second-order valence-electron chi connectivity index (χ2n) is 5.48. The molecular formula is C19H19NO3. The fraction of sp³-hybridized carbons (Fsp3) is 0.211. The maximum atomic E-state index is 11.7. The Hall–Kier alpha value is -2.75. The van der Waals surface area contributed by atoms with Gasteiger partial charge < -0.3 is 14.8 Å². The van der Waals surface area contributed by atoms with Gasteiger partial charge in [0.1, 0.15) is 11.9 Å². The van der Waals surface area contributed by atoms with Crippen LogP contribution in [0.1, 0.15) is 18.5 Å². The number of cyclic esters (lactones) is 1. The molecule has 2 atom stereocenters. The van der Waals surface area contributed by atoms with Gasteiger partial charge in [-0.3, -0.25) is 0 Å². The molecule has 1 heterocycles. The first-order valence-electron chi connectivity index (χ1n) is 7.52. The first-order valence-corrected chi connectivity index (χ1v) is 7.52. The monoisotopic (exact) mass is 309 g/mol. The second kappa shape index (κ2) is 6.57. The molecule has 118 valence electrons. The summed E-state index contributed by atoms with van der Waals surface area (Å²) in [6.07, 6.45) is 1.54. The van der Waals surface area contributed by atoms with Crippen molar-refractivity contribution in [2.75, 3.05) is 12.4 Å². The Balaban J connectivity index is 1.87. The van der Waals surface area contributed by atoms with Crippen molar-refractivity contribution < 1.29 is 14.3 Å². The number of esters is 1. The van der Waals surface area contributed by atoms with Gasteiger partial charge in [-0.15, -0.1) is 0 Å². The van der Waals surface area contributed by atoms with Crippen LogP contribution in [0.25, 0.3) is 0 Å². The molecule has 2 aromatic rings. The van der Waals surface area contributed by atoms with Crippen LogP contribution in [0.4, 0.5) is 5.69 Å². The summed E-state index contributed by atoms with van der Waals surface area (Å²) >= 11 is 0. The molecule has 0 radical (unpaired) electrons. The highest BCUT2D eigenvalue weighted by Gasteiger charge is 2.30. The lowest BCUT2D eigenvalue weighted by Gasteiger charge is -2.24. The van der Waals surface area contributed by atoms with Crippen LogP contribution in [-0.4, -0.2) is 19.2 Å². The number of carbonyl (C=O) groups excluding carboxylic acids is 1. The van der Waals surface area contributed by atoms with Gasteiger partial charge in [0, 0.05) is 11.3 Å². The summed E-state index contributed by atoms with van der Waals surface area (Å²) in [5, 5.41) is 3.45. The number of benzene rings is 2. The molecule has 1 aliphatic heterocycles. The highest BCUT2D eigenvalue weighted by molar-refractivity contribution is 5.90. The molecular weight excluding hydrogens is 290 g/mol. The van der Waals surface area contributed by atoms with Crippen LogP contribution in [0, 0.1) is 0 Å². The highest BCUT2D eigenvalue weighted by atomic mass is 16.5. The second-order valence-corrected chi connectivity index (χ2v) is 5.48. The van der Waals surface area contributed by atoms with Gasteiger partial charge in [0.2, 0.25) is 0 Å². The molecule has 3 rings (SSSR count). The van der Waals surface area contributed by atoms with E-state index in [1.54, 1.807) is 14.0 Å². The Morgan fingerprint density at radius 1 is 1.09 bits per heavy atom. The van der Waals surface area contributed by atoms with E-state index in [4.69, 9.17) is 9.47 Å². The van der Waals surface area contributed by atoms with Gasteiger partial charge in [0.15, 0.2) is 0 Å². The largest absolute Gasteiger partial charge is 0.497 e. The number of hydrogen-bond acceptors (Lipinski definition) is 4. The number of hydrogen-bond donors (Lipinski definition) is 1. The van der Waals surface area contributed by atoms with Gasteiger partial charge in [0.25, 0.3) is 0 Å². The standard InChI is InChI=1S/C19H19NO3/c1-13-12-17(23-19(13)21)18(14-6-4-3-5-7-14)20-15-8-10-16(22-2)11-9-15/h3-12,17-18,20H,1-2H3/t17-,18+/m1/s1. The van der Waals surface area contributed by atoms with Gasteiger partial charge in [0.05, 0.1) is 13.2 Å². The van der Waals surface area contributed by atoms with Crippen LogP contribution in [-0.2, 0) is 9.53 Å². The zero-order chi connectivity index (χ0) is 16.2. The molecule has 4 nitrogen and oxygen atoms in total. The van der Waals surface area contributed by atoms with Crippen molar-refractivity contribution in [2.45, 2.75) is 19.1 Å². The van der Waals surface area contributed by atoms with Gasteiger partial charge in [-0.1, -0.05) is 30.3 Å². The van der Waals surface area contributed by atoms with Crippen molar-refractivity contribution >= 4 is 11.7 Å². The van der Waals surface area contributed by atoms with Gasteiger partial charge in [-0.2, -0.15) is 0 Å². The Morgan fingerprint density at radius 3 is 2.35 bits per heavy atom. The summed E-state index contributed by atoms with van der Waals surface area (Å²) < 4.78 is 10.7. The van der Waals surface area contributed by atoms with E-state index < -0.39 is 0 Å². The summed E-state index contributed by atoms with van der Waals surface area (Å²) in [6.45, 7) is 1.78. The van der Waals surface area contributed by atoms with Crippen LogP contribution in [0.3, 0.4) is 0 Å². The molecule has 23 heavy (non-hydrogen) atoms. The molecule has 0 bridgehead atoms. The summed E-state index contributed by atoms with van der Waals surface area (Å²) in [7, 11) is 1.64. The third-order valence-corrected chi connectivity index (χ3v) is 3.88. The van der Waals surface area contributed by atoms with E-state index in [2.05, 4.69) is 5.32 Å². The average Bonchev–Trinajstić information content (AvgIpc) is 2.93. The number of nitrogens with one attached hydrogen (secondary N) is 1. The molecule has 1 aliphatic rings. The molecule has 0 saturated carbocycles. The lowest BCUT2D eigenvalue weighted by Crippen LogP contribution is -2.25. The maximum absolute atomic E-state index is 11.7. The SMILES string of the molecule is COc1ccc(N[C@@H](c2ccccc2)[C@H]2C=C(C)C(=O)O2)cc1. The minimum absolute atomic E-state index is 0.147. The zero-order valence-electron chi connectivity index (χ0n) is 13.2. The predicted octanol–water partition coefficient (Wildman–Crippen LogP) is 3.72. The summed E-state index contributed by atoms with van der Waals surface area (Å²) in [5.74, 6) is 0.544. The predicted molar refractivity (Wildman–Crippen MR) is 89.4 cm³/mol. The molecule has 0 amide bonds. The van der Waals surface area contributed by atoms with Crippen molar-refractivity contribution in [2.24, 2.45) is 0 Å². The Morgan fingerprint density at radius 2 is 1.78 bits per heavy atom. The highest BCUT2D eigenvalue weighted by Crippen LogP contribution is 2.30. The van der Waals surface area contributed by atoms with E-state index in [1.165, 1.54) is 0 Å². The number of methoxy groups -OCH3 is 1. The number of anilines is 1. The van der Waals surface area contributed by atoms with E-state index in [9.17, 15) is 4.79 Å². The van der Waals surface area contributed by atoms with E-state index in [0.29, 0.717) is 5.57 Å². The fourth-order valence-electron chi connectivity index (χ4n) is 2.61. The van der Waals surface area contributed by atoms with Crippen molar-refractivity contribution in [3.05, 3.63) is 71.8 Å². The average molecular weight is 309 g/mol. The normalized spacial score (nSPS) is 18.1. The topological polar surface area (TPSA) is 47.6 Å². The van der Waals surface area contributed by atoms with Crippen LogP contribution in [0.2, 0.25) is 0 Å². The fourth-order valence-corrected chi connectivity index (χ4v) is 2.61. The number of ether oxygens (including phenoxy) is 2. The molecule has 2 aromatic carbocycles. The first-order chi connectivity index (χ1) is 11.2. The zero-order valence-corrected chi connectivity index (χ0v) is 13.2. The summed E-state index contributed by atoms with van der Waals surface area (Å²) in [4.78, 5) is 11.7. The van der Waals surface area contributed by atoms with Crippen LogP contribution in [0.5, 0.6) is 5.75 Å². The number of rotatable bonds is 5. The number of carbonyl (C=O) groups is 1. The van der Waals surface area contributed by atoms with Gasteiger partial charge in [-0.25, -0.2) is 4.79 Å². The smallest absolute Gasteiger partial charge is 0.334 e. The third kappa shape index (κ3) is 3.37. The molecule has 0 aromatic heterocycles. The van der Waals surface area contributed by atoms with E-state index in [1.807, 2.05) is 60.7 Å². The summed E-state index contributed by atoms with van der Waals surface area (Å²) in [6, 6.07) is 17.5. The van der Waals surface area contributed by atoms with E-state index in [0.717, 1.165) is 17.0 Å². The van der Waals surface area contributed by atoms with E-state index >= 15 is 0 Å². The van der Waals surface area contributed by atoms with Crippen LogP contribution < -0.4 is 10.1 Å². The van der Waals surface area contributed by atoms with Crippen LogP contribution in [0.15, 0.2) is 66.2 Å². The minimum atomic E-state index is -0.327. The van der Waals surface area contributed by atoms with Crippen molar-refractivity contribution in [1.82, 2.24) is 0 Å². The lowest BCUT2D eigenvalue weighted by atomic mass is 10.0. The van der Waals surface area contributed by atoms with Crippen LogP contribution >= 0.6 is 0 Å². The summed E-state index contributed by atoms with van der Waals surface area (Å²) in [5.41, 5.74) is 2.65. The molecule has 0 saturated heterocycles.